The van der Waals surface area contributed by atoms with E-state index < -0.39 is 0 Å². The van der Waals surface area contributed by atoms with Crippen molar-refractivity contribution in [2.45, 2.75) is 76.3 Å². The predicted molar refractivity (Wildman–Crippen MR) is 83.9 cm³/mol. The molecule has 0 spiro atoms. The number of amides is 1. The Balaban J connectivity index is 1.31. The number of piperidine rings is 2. The maximum atomic E-state index is 12.7. The zero-order valence-electron chi connectivity index (χ0n) is 13.2. The van der Waals surface area contributed by atoms with E-state index in [1.807, 2.05) is 0 Å². The summed E-state index contributed by atoms with van der Waals surface area (Å²) in [6.45, 7) is 2.11. The quantitative estimate of drug-likeness (QED) is 0.848. The van der Waals surface area contributed by atoms with Gasteiger partial charge in [0, 0.05) is 31.6 Å². The Kier molecular flexibility index (Phi) is 3.95. The summed E-state index contributed by atoms with van der Waals surface area (Å²) in [5.74, 6) is 2.86. The lowest BCUT2D eigenvalue weighted by molar-refractivity contribution is -0.135. The van der Waals surface area contributed by atoms with Crippen LogP contribution in [0, 0.1) is 17.8 Å². The smallest absolute Gasteiger partial charge is 0.222 e. The minimum absolute atomic E-state index is 0.463. The van der Waals surface area contributed by atoms with Crippen molar-refractivity contribution >= 4 is 5.91 Å². The SMILES string of the molecule is O=C(CC1CC2CCC(C1)N2)N1CCC2CCCCC2C1. The highest BCUT2D eigenvalue weighted by molar-refractivity contribution is 5.76. The second-order valence-corrected chi connectivity index (χ2v) is 8.11. The molecule has 3 saturated heterocycles. The first-order valence-corrected chi connectivity index (χ1v) is 9.32. The summed E-state index contributed by atoms with van der Waals surface area (Å²) in [4.78, 5) is 14.9. The molecule has 1 saturated carbocycles. The van der Waals surface area contributed by atoms with Crippen molar-refractivity contribution in [3.05, 3.63) is 0 Å². The Morgan fingerprint density at radius 2 is 1.67 bits per heavy atom. The summed E-state index contributed by atoms with van der Waals surface area (Å²) >= 11 is 0. The third-order valence-electron chi connectivity index (χ3n) is 6.68. The van der Waals surface area contributed by atoms with Gasteiger partial charge in [-0.3, -0.25) is 4.79 Å². The molecule has 4 unspecified atom stereocenters. The van der Waals surface area contributed by atoms with Gasteiger partial charge in [-0.1, -0.05) is 19.3 Å². The number of fused-ring (bicyclic) bond motifs is 3. The highest BCUT2D eigenvalue weighted by Gasteiger charge is 2.37. The second-order valence-electron chi connectivity index (χ2n) is 8.11. The molecule has 2 bridgehead atoms. The molecule has 4 aliphatic rings. The van der Waals surface area contributed by atoms with Crippen molar-refractivity contribution in [2.24, 2.45) is 17.8 Å². The van der Waals surface area contributed by atoms with Crippen molar-refractivity contribution in [1.29, 1.82) is 0 Å². The maximum Gasteiger partial charge on any atom is 0.222 e. The minimum atomic E-state index is 0.463. The predicted octanol–water partition coefficient (Wildman–Crippen LogP) is 2.95. The van der Waals surface area contributed by atoms with E-state index in [1.54, 1.807) is 0 Å². The molecule has 1 aliphatic carbocycles. The molecule has 4 rings (SSSR count). The van der Waals surface area contributed by atoms with Crippen LogP contribution in [-0.4, -0.2) is 36.0 Å². The Morgan fingerprint density at radius 1 is 0.952 bits per heavy atom. The Bertz CT molecular complexity index is 385. The molecule has 4 atom stereocenters. The first kappa shape index (κ1) is 14.0. The third-order valence-corrected chi connectivity index (χ3v) is 6.68. The van der Waals surface area contributed by atoms with E-state index in [0.717, 1.165) is 31.3 Å². The molecule has 118 valence electrons. The zero-order valence-corrected chi connectivity index (χ0v) is 13.2. The number of hydrogen-bond donors (Lipinski definition) is 1. The number of carbonyl (C=O) groups is 1. The number of carbonyl (C=O) groups excluding carboxylic acids is 1. The number of nitrogens with zero attached hydrogens (tertiary/aromatic N) is 1. The van der Waals surface area contributed by atoms with Crippen molar-refractivity contribution < 1.29 is 4.79 Å². The van der Waals surface area contributed by atoms with Crippen LogP contribution in [0.4, 0.5) is 0 Å². The number of rotatable bonds is 2. The average molecular weight is 290 g/mol. The van der Waals surface area contributed by atoms with Crippen LogP contribution in [0.25, 0.3) is 0 Å². The van der Waals surface area contributed by atoms with E-state index in [0.29, 0.717) is 23.9 Å². The fourth-order valence-electron chi connectivity index (χ4n) is 5.55. The molecule has 0 radical (unpaired) electrons. The van der Waals surface area contributed by atoms with Crippen molar-refractivity contribution in [1.82, 2.24) is 10.2 Å². The molecule has 3 heteroatoms. The van der Waals surface area contributed by atoms with E-state index >= 15 is 0 Å². The first-order chi connectivity index (χ1) is 10.3. The van der Waals surface area contributed by atoms with Gasteiger partial charge in [0.1, 0.15) is 0 Å². The van der Waals surface area contributed by atoms with Crippen molar-refractivity contribution in [3.63, 3.8) is 0 Å². The second kappa shape index (κ2) is 5.91. The highest BCUT2D eigenvalue weighted by atomic mass is 16.2. The van der Waals surface area contributed by atoms with Crippen molar-refractivity contribution in [3.8, 4) is 0 Å². The van der Waals surface area contributed by atoms with E-state index in [1.165, 1.54) is 57.8 Å². The van der Waals surface area contributed by atoms with Gasteiger partial charge in [-0.05, 0) is 56.3 Å². The van der Waals surface area contributed by atoms with Crippen LogP contribution in [0.1, 0.15) is 64.2 Å². The Hall–Kier alpha value is -0.570. The lowest BCUT2D eigenvalue weighted by atomic mass is 9.75. The molecular weight excluding hydrogens is 260 g/mol. The minimum Gasteiger partial charge on any atom is -0.342 e. The molecule has 1 amide bonds. The molecule has 0 aromatic carbocycles. The van der Waals surface area contributed by atoms with E-state index in [2.05, 4.69) is 10.2 Å². The zero-order chi connectivity index (χ0) is 14.2. The molecule has 3 aliphatic heterocycles. The van der Waals surface area contributed by atoms with Crippen LogP contribution in [0.3, 0.4) is 0 Å². The summed E-state index contributed by atoms with van der Waals surface area (Å²) in [7, 11) is 0. The van der Waals surface area contributed by atoms with Gasteiger partial charge in [-0.15, -0.1) is 0 Å². The Morgan fingerprint density at radius 3 is 2.43 bits per heavy atom. The van der Waals surface area contributed by atoms with Gasteiger partial charge in [0.15, 0.2) is 0 Å². The largest absolute Gasteiger partial charge is 0.342 e. The summed E-state index contributed by atoms with van der Waals surface area (Å²) in [5.41, 5.74) is 0. The summed E-state index contributed by atoms with van der Waals surface area (Å²) < 4.78 is 0. The molecule has 0 aromatic rings. The lowest BCUT2D eigenvalue weighted by Gasteiger charge is -2.42. The van der Waals surface area contributed by atoms with Crippen LogP contribution in [0.5, 0.6) is 0 Å². The third kappa shape index (κ3) is 2.99. The van der Waals surface area contributed by atoms with Gasteiger partial charge >= 0.3 is 0 Å². The highest BCUT2D eigenvalue weighted by Crippen LogP contribution is 2.37. The lowest BCUT2D eigenvalue weighted by Crippen LogP contribution is -2.46. The van der Waals surface area contributed by atoms with Crippen LogP contribution in [0.2, 0.25) is 0 Å². The van der Waals surface area contributed by atoms with Crippen molar-refractivity contribution in [2.75, 3.05) is 13.1 Å². The van der Waals surface area contributed by atoms with Gasteiger partial charge < -0.3 is 10.2 Å². The molecule has 3 nitrogen and oxygen atoms in total. The van der Waals surface area contributed by atoms with Crippen LogP contribution in [-0.2, 0) is 4.79 Å². The van der Waals surface area contributed by atoms with Gasteiger partial charge in [0.25, 0.3) is 0 Å². The van der Waals surface area contributed by atoms with Gasteiger partial charge in [0.05, 0.1) is 0 Å². The van der Waals surface area contributed by atoms with Gasteiger partial charge in [-0.2, -0.15) is 0 Å². The first-order valence-electron chi connectivity index (χ1n) is 9.32. The van der Waals surface area contributed by atoms with Crippen LogP contribution < -0.4 is 5.32 Å². The number of nitrogens with one attached hydrogen (secondary N) is 1. The fraction of sp³-hybridized carbons (Fsp3) is 0.944. The molecule has 3 heterocycles. The topological polar surface area (TPSA) is 32.3 Å². The summed E-state index contributed by atoms with van der Waals surface area (Å²) in [5, 5.41) is 3.69. The number of likely N-dealkylation sites (tertiary alicyclic amines) is 1. The molecule has 0 aromatic heterocycles. The fourth-order valence-corrected chi connectivity index (χ4v) is 5.55. The van der Waals surface area contributed by atoms with Gasteiger partial charge in [0.2, 0.25) is 5.91 Å². The molecule has 21 heavy (non-hydrogen) atoms. The van der Waals surface area contributed by atoms with Crippen LogP contribution in [0.15, 0.2) is 0 Å². The van der Waals surface area contributed by atoms with Gasteiger partial charge in [-0.25, -0.2) is 0 Å². The molecular formula is C18H30N2O. The number of hydrogen-bond acceptors (Lipinski definition) is 2. The van der Waals surface area contributed by atoms with E-state index in [4.69, 9.17) is 0 Å². The van der Waals surface area contributed by atoms with Crippen LogP contribution >= 0.6 is 0 Å². The molecule has 4 fully saturated rings. The van der Waals surface area contributed by atoms with E-state index in [9.17, 15) is 4.79 Å². The summed E-state index contributed by atoms with van der Waals surface area (Å²) in [6, 6.07) is 1.43. The molecule has 1 N–H and O–H groups in total. The normalized spacial score (nSPS) is 42.7. The maximum absolute atomic E-state index is 12.7. The van der Waals surface area contributed by atoms with E-state index in [-0.39, 0.29) is 0 Å². The average Bonchev–Trinajstić information content (AvgIpc) is 2.85. The monoisotopic (exact) mass is 290 g/mol. The Labute approximate surface area is 128 Å². The summed E-state index contributed by atoms with van der Waals surface area (Å²) in [6.07, 6.45) is 12.8. The standard InChI is InChI=1S/C18H30N2O/c21-18(11-13-9-16-5-6-17(10-13)19-16)20-8-7-14-3-1-2-4-15(14)12-20/h13-17,19H,1-12H2.